The molecule has 2 rings (SSSR count). The van der Waals surface area contributed by atoms with Crippen molar-refractivity contribution in [2.24, 2.45) is 0 Å². The van der Waals surface area contributed by atoms with E-state index in [1.54, 1.807) is 19.1 Å². The summed E-state index contributed by atoms with van der Waals surface area (Å²) in [5.74, 6) is -0.303. The molecule has 0 bridgehead atoms. The normalized spacial score (nSPS) is 11.6. The van der Waals surface area contributed by atoms with E-state index in [-0.39, 0.29) is 13.2 Å². The average molecular weight is 390 g/mol. The lowest BCUT2D eigenvalue weighted by Gasteiger charge is -2.18. The highest BCUT2D eigenvalue weighted by atomic mass is 35.5. The van der Waals surface area contributed by atoms with Gasteiger partial charge in [-0.25, -0.2) is 4.79 Å². The van der Waals surface area contributed by atoms with Gasteiger partial charge in [-0.15, -0.1) is 0 Å². The number of rotatable bonds is 8. The zero-order valence-electron chi connectivity index (χ0n) is 15.8. The quantitative estimate of drug-likeness (QED) is 0.700. The minimum atomic E-state index is -0.767. The molecule has 1 atom stereocenters. The highest BCUT2D eigenvalue weighted by molar-refractivity contribution is 6.32. The Morgan fingerprint density at radius 1 is 1.11 bits per heavy atom. The van der Waals surface area contributed by atoms with Crippen molar-refractivity contribution in [1.29, 1.82) is 0 Å². The summed E-state index contributed by atoms with van der Waals surface area (Å²) in [4.78, 5) is 24.5. The second kappa shape index (κ2) is 9.97. The molecule has 0 aromatic heterocycles. The molecule has 0 aliphatic carbocycles. The van der Waals surface area contributed by atoms with Gasteiger partial charge in [-0.2, -0.15) is 0 Å². The molecule has 2 aromatic carbocycles. The third kappa shape index (κ3) is 6.29. The summed E-state index contributed by atoms with van der Waals surface area (Å²) in [5, 5.41) is 3.37. The summed E-state index contributed by atoms with van der Waals surface area (Å²) in [6, 6.07) is 12.2. The SMILES string of the molecule is CCOC(=O)C(Cc1ccccc1)NC(=O)COc1cc(C)c(Cl)c(C)c1. The lowest BCUT2D eigenvalue weighted by Crippen LogP contribution is -2.45. The summed E-state index contributed by atoms with van der Waals surface area (Å²) in [6.45, 7) is 5.52. The molecule has 144 valence electrons. The topological polar surface area (TPSA) is 64.6 Å². The third-order valence-electron chi connectivity index (χ3n) is 3.97. The first-order valence-electron chi connectivity index (χ1n) is 8.80. The summed E-state index contributed by atoms with van der Waals surface area (Å²) >= 11 is 6.14. The van der Waals surface area contributed by atoms with E-state index in [1.165, 1.54) is 0 Å². The van der Waals surface area contributed by atoms with Gasteiger partial charge in [0.2, 0.25) is 0 Å². The van der Waals surface area contributed by atoms with Gasteiger partial charge >= 0.3 is 5.97 Å². The van der Waals surface area contributed by atoms with Crippen LogP contribution in [-0.2, 0) is 20.7 Å². The van der Waals surface area contributed by atoms with Crippen molar-refractivity contribution in [2.75, 3.05) is 13.2 Å². The first-order chi connectivity index (χ1) is 12.9. The van der Waals surface area contributed by atoms with Gasteiger partial charge in [-0.05, 0) is 49.6 Å². The zero-order valence-corrected chi connectivity index (χ0v) is 16.5. The van der Waals surface area contributed by atoms with E-state index in [1.807, 2.05) is 44.2 Å². The third-order valence-corrected chi connectivity index (χ3v) is 4.57. The molecular weight excluding hydrogens is 366 g/mol. The maximum Gasteiger partial charge on any atom is 0.328 e. The van der Waals surface area contributed by atoms with Crippen LogP contribution in [0.25, 0.3) is 0 Å². The van der Waals surface area contributed by atoms with Gasteiger partial charge in [0, 0.05) is 11.4 Å². The van der Waals surface area contributed by atoms with Crippen molar-refractivity contribution in [3.63, 3.8) is 0 Å². The average Bonchev–Trinajstić information content (AvgIpc) is 2.65. The number of benzene rings is 2. The van der Waals surface area contributed by atoms with E-state index >= 15 is 0 Å². The fourth-order valence-corrected chi connectivity index (χ4v) is 2.77. The number of amides is 1. The summed E-state index contributed by atoms with van der Waals surface area (Å²) in [6.07, 6.45) is 0.352. The Labute approximate surface area is 164 Å². The molecule has 0 radical (unpaired) electrons. The zero-order chi connectivity index (χ0) is 19.8. The van der Waals surface area contributed by atoms with E-state index in [2.05, 4.69) is 5.32 Å². The van der Waals surface area contributed by atoms with Crippen LogP contribution in [0.3, 0.4) is 0 Å². The van der Waals surface area contributed by atoms with E-state index in [0.717, 1.165) is 16.7 Å². The molecule has 0 saturated heterocycles. The second-order valence-electron chi connectivity index (χ2n) is 6.22. The maximum atomic E-state index is 12.3. The van der Waals surface area contributed by atoms with Gasteiger partial charge in [0.1, 0.15) is 11.8 Å². The number of aryl methyl sites for hydroxylation is 2. The van der Waals surface area contributed by atoms with Crippen molar-refractivity contribution in [2.45, 2.75) is 33.2 Å². The van der Waals surface area contributed by atoms with Crippen LogP contribution >= 0.6 is 11.6 Å². The van der Waals surface area contributed by atoms with Crippen LogP contribution in [-0.4, -0.2) is 31.1 Å². The van der Waals surface area contributed by atoms with Crippen LogP contribution in [0, 0.1) is 13.8 Å². The van der Waals surface area contributed by atoms with Crippen LogP contribution in [0.1, 0.15) is 23.6 Å². The summed E-state index contributed by atoms with van der Waals surface area (Å²) in [5.41, 5.74) is 2.68. The first-order valence-corrected chi connectivity index (χ1v) is 9.18. The molecule has 0 aliphatic heterocycles. The predicted octanol–water partition coefficient (Wildman–Crippen LogP) is 3.63. The Morgan fingerprint density at radius 3 is 2.33 bits per heavy atom. The Hall–Kier alpha value is -2.53. The van der Waals surface area contributed by atoms with Crippen LogP contribution in [0.15, 0.2) is 42.5 Å². The standard InChI is InChI=1S/C21H24ClNO4/c1-4-26-21(25)18(12-16-8-6-5-7-9-16)23-19(24)13-27-17-10-14(2)20(22)15(3)11-17/h5-11,18H,4,12-13H2,1-3H3,(H,23,24). The second-order valence-corrected chi connectivity index (χ2v) is 6.60. The van der Waals surface area contributed by atoms with E-state index in [9.17, 15) is 9.59 Å². The number of nitrogens with one attached hydrogen (secondary N) is 1. The minimum absolute atomic E-state index is 0.203. The van der Waals surface area contributed by atoms with Crippen molar-refractivity contribution in [3.8, 4) is 5.75 Å². The molecule has 27 heavy (non-hydrogen) atoms. The summed E-state index contributed by atoms with van der Waals surface area (Å²) < 4.78 is 10.6. The number of carbonyl (C=O) groups excluding carboxylic acids is 2. The van der Waals surface area contributed by atoms with Crippen LogP contribution in [0.4, 0.5) is 0 Å². The first kappa shape index (κ1) is 20.8. The molecule has 0 aliphatic rings. The highest BCUT2D eigenvalue weighted by Crippen LogP contribution is 2.25. The van der Waals surface area contributed by atoms with E-state index < -0.39 is 17.9 Å². The molecule has 1 amide bonds. The Bertz CT molecular complexity index is 769. The van der Waals surface area contributed by atoms with Crippen molar-refractivity contribution < 1.29 is 19.1 Å². The van der Waals surface area contributed by atoms with E-state index in [4.69, 9.17) is 21.1 Å². The molecule has 0 spiro atoms. The highest BCUT2D eigenvalue weighted by Gasteiger charge is 2.22. The van der Waals surface area contributed by atoms with Gasteiger partial charge < -0.3 is 14.8 Å². The van der Waals surface area contributed by atoms with Gasteiger partial charge in [0.25, 0.3) is 5.91 Å². The van der Waals surface area contributed by atoms with Gasteiger partial charge in [-0.3, -0.25) is 4.79 Å². The largest absolute Gasteiger partial charge is 0.484 e. The molecule has 1 unspecified atom stereocenters. The fraction of sp³-hybridized carbons (Fsp3) is 0.333. The Kier molecular flexibility index (Phi) is 7.67. The van der Waals surface area contributed by atoms with Crippen molar-refractivity contribution in [1.82, 2.24) is 5.32 Å². The number of halogens is 1. The molecule has 5 nitrogen and oxygen atoms in total. The Morgan fingerprint density at radius 2 is 1.74 bits per heavy atom. The minimum Gasteiger partial charge on any atom is -0.484 e. The van der Waals surface area contributed by atoms with Gasteiger partial charge in [0.15, 0.2) is 6.61 Å². The molecular formula is C21H24ClNO4. The maximum absolute atomic E-state index is 12.3. The summed E-state index contributed by atoms with van der Waals surface area (Å²) in [7, 11) is 0. The van der Waals surface area contributed by atoms with Crippen molar-refractivity contribution >= 4 is 23.5 Å². The number of ether oxygens (including phenoxy) is 2. The molecule has 1 N–H and O–H groups in total. The molecule has 6 heteroatoms. The van der Waals surface area contributed by atoms with Crippen molar-refractivity contribution in [3.05, 3.63) is 64.2 Å². The van der Waals surface area contributed by atoms with Crippen LogP contribution in [0.5, 0.6) is 5.75 Å². The van der Waals surface area contributed by atoms with Gasteiger partial charge in [-0.1, -0.05) is 41.9 Å². The lowest BCUT2D eigenvalue weighted by molar-refractivity contribution is -0.147. The van der Waals surface area contributed by atoms with E-state index in [0.29, 0.717) is 17.2 Å². The fourth-order valence-electron chi connectivity index (χ4n) is 2.66. The number of hydrogen-bond donors (Lipinski definition) is 1. The molecule has 0 saturated carbocycles. The monoisotopic (exact) mass is 389 g/mol. The predicted molar refractivity (Wildman–Crippen MR) is 105 cm³/mol. The van der Waals surface area contributed by atoms with Crippen LogP contribution in [0.2, 0.25) is 5.02 Å². The smallest absolute Gasteiger partial charge is 0.328 e. The molecule has 0 fully saturated rings. The Balaban J connectivity index is 1.99. The number of hydrogen-bond acceptors (Lipinski definition) is 4. The van der Waals surface area contributed by atoms with Gasteiger partial charge in [0.05, 0.1) is 6.61 Å². The molecule has 2 aromatic rings. The number of carbonyl (C=O) groups is 2. The lowest BCUT2D eigenvalue weighted by atomic mass is 10.1. The number of esters is 1. The molecule has 0 heterocycles. The van der Waals surface area contributed by atoms with Crippen LogP contribution < -0.4 is 10.1 Å².